The molecular formula is C36H48. The second kappa shape index (κ2) is 8.61. The van der Waals surface area contributed by atoms with Gasteiger partial charge in [0.25, 0.3) is 0 Å². The van der Waals surface area contributed by atoms with Crippen molar-refractivity contribution in [1.29, 1.82) is 0 Å². The van der Waals surface area contributed by atoms with Gasteiger partial charge in [0.15, 0.2) is 0 Å². The smallest absolute Gasteiger partial charge is 0.00239 e. The van der Waals surface area contributed by atoms with Gasteiger partial charge in [-0.3, -0.25) is 0 Å². The summed E-state index contributed by atoms with van der Waals surface area (Å²) in [6, 6.07) is 9.68. The molecule has 0 nitrogen and oxygen atoms in total. The molecule has 5 atom stereocenters. The van der Waals surface area contributed by atoms with Gasteiger partial charge in [-0.15, -0.1) is 0 Å². The van der Waals surface area contributed by atoms with E-state index in [2.05, 4.69) is 102 Å². The molecule has 0 amide bonds. The Balaban J connectivity index is 1.58. The van der Waals surface area contributed by atoms with E-state index in [-0.39, 0.29) is 10.8 Å². The number of hydrogen-bond donors (Lipinski definition) is 0. The van der Waals surface area contributed by atoms with Crippen molar-refractivity contribution in [3.8, 4) is 0 Å². The monoisotopic (exact) mass is 480 g/mol. The lowest BCUT2D eigenvalue weighted by atomic mass is 9.51. The molecule has 5 aliphatic rings. The summed E-state index contributed by atoms with van der Waals surface area (Å²) in [5.74, 6) is 4.04. The summed E-state index contributed by atoms with van der Waals surface area (Å²) in [4.78, 5) is 0. The second-order valence-electron chi connectivity index (χ2n) is 14.8. The third-order valence-electron chi connectivity index (χ3n) is 10.9. The van der Waals surface area contributed by atoms with Gasteiger partial charge in [0.05, 0.1) is 0 Å². The summed E-state index contributed by atoms with van der Waals surface area (Å²) < 4.78 is 0. The Kier molecular flexibility index (Phi) is 5.86. The first-order valence-corrected chi connectivity index (χ1v) is 15.0. The molecule has 1 aromatic rings. The lowest BCUT2D eigenvalue weighted by molar-refractivity contribution is 0.0975. The van der Waals surface area contributed by atoms with E-state index in [0.29, 0.717) is 35.0 Å². The van der Waals surface area contributed by atoms with Crippen molar-refractivity contribution in [2.45, 2.75) is 91.9 Å². The summed E-state index contributed by atoms with van der Waals surface area (Å²) in [6.07, 6.45) is 25.5. The largest absolute Gasteiger partial charge is 0.0799 e. The van der Waals surface area contributed by atoms with Gasteiger partial charge >= 0.3 is 0 Å². The molecule has 0 heterocycles. The number of rotatable bonds is 2. The molecule has 0 spiro atoms. The molecule has 1 aromatic carbocycles. The Hall–Kier alpha value is -1.82. The Morgan fingerprint density at radius 3 is 1.81 bits per heavy atom. The van der Waals surface area contributed by atoms with Crippen molar-refractivity contribution in [2.75, 3.05) is 0 Å². The van der Waals surface area contributed by atoms with Crippen LogP contribution in [0.3, 0.4) is 0 Å². The maximum absolute atomic E-state index is 2.78. The quantitative estimate of drug-likeness (QED) is 0.395. The molecule has 0 radical (unpaired) electrons. The summed E-state index contributed by atoms with van der Waals surface area (Å²) in [5.41, 5.74) is 7.23. The summed E-state index contributed by atoms with van der Waals surface area (Å²) >= 11 is 0. The van der Waals surface area contributed by atoms with E-state index >= 15 is 0 Å². The van der Waals surface area contributed by atoms with Gasteiger partial charge < -0.3 is 0 Å². The lowest BCUT2D eigenvalue weighted by Gasteiger charge is -2.52. The van der Waals surface area contributed by atoms with Crippen LogP contribution in [0, 0.1) is 46.3 Å². The Labute approximate surface area is 221 Å². The highest BCUT2D eigenvalue weighted by atomic mass is 14.6. The van der Waals surface area contributed by atoms with E-state index in [1.54, 1.807) is 22.3 Å². The van der Waals surface area contributed by atoms with Crippen molar-refractivity contribution in [1.82, 2.24) is 0 Å². The predicted octanol–water partition coefficient (Wildman–Crippen LogP) is 9.63. The van der Waals surface area contributed by atoms with Gasteiger partial charge in [-0.25, -0.2) is 0 Å². The number of hydrogen-bond acceptors (Lipinski definition) is 0. The maximum atomic E-state index is 2.78. The van der Waals surface area contributed by atoms with Crippen molar-refractivity contribution in [3.63, 3.8) is 0 Å². The van der Waals surface area contributed by atoms with E-state index in [9.17, 15) is 0 Å². The van der Waals surface area contributed by atoms with Crippen molar-refractivity contribution >= 4 is 0 Å². The normalized spacial score (nSPS) is 36.2. The third-order valence-corrected chi connectivity index (χ3v) is 10.9. The van der Waals surface area contributed by atoms with Gasteiger partial charge in [0.1, 0.15) is 0 Å². The molecule has 0 aromatic heterocycles. The molecule has 192 valence electrons. The molecule has 2 saturated carbocycles. The van der Waals surface area contributed by atoms with Crippen molar-refractivity contribution < 1.29 is 0 Å². The Morgan fingerprint density at radius 2 is 1.25 bits per heavy atom. The Bertz CT molecular complexity index is 1070. The molecule has 0 N–H and O–H groups in total. The average Bonchev–Trinajstić information content (AvgIpc) is 3.49. The maximum Gasteiger partial charge on any atom is 0.00239 e. The van der Waals surface area contributed by atoms with E-state index < -0.39 is 0 Å². The van der Waals surface area contributed by atoms with Crippen LogP contribution in [0.5, 0.6) is 0 Å². The summed E-state index contributed by atoms with van der Waals surface area (Å²) in [6.45, 7) is 14.4. The SMILES string of the molecule is CC(C)(C)C1=CC2C(C=C1)C1C=CC(C(C)(C)C)=CC1C2C1(C2CCCC2)CCCc2ccccc21. The molecular weight excluding hydrogens is 432 g/mol. The molecule has 6 rings (SSSR count). The number of fused-ring (bicyclic) bond motifs is 4. The number of benzene rings is 1. The zero-order valence-corrected chi connectivity index (χ0v) is 23.7. The van der Waals surface area contributed by atoms with Gasteiger partial charge in [-0.05, 0) is 101 Å². The third kappa shape index (κ3) is 3.76. The summed E-state index contributed by atoms with van der Waals surface area (Å²) in [7, 11) is 0. The van der Waals surface area contributed by atoms with Gasteiger partial charge in [-0.1, -0.05) is 115 Å². The highest BCUT2D eigenvalue weighted by molar-refractivity contribution is 5.45. The molecule has 36 heavy (non-hydrogen) atoms. The molecule has 0 aliphatic heterocycles. The minimum absolute atomic E-state index is 0.201. The van der Waals surface area contributed by atoms with E-state index in [1.165, 1.54) is 44.9 Å². The van der Waals surface area contributed by atoms with Crippen LogP contribution in [0.4, 0.5) is 0 Å². The van der Waals surface area contributed by atoms with Crippen LogP contribution in [0.1, 0.15) is 91.2 Å². The predicted molar refractivity (Wildman–Crippen MR) is 154 cm³/mol. The van der Waals surface area contributed by atoms with Gasteiger partial charge in [0, 0.05) is 5.41 Å². The van der Waals surface area contributed by atoms with E-state index in [0.717, 1.165) is 5.92 Å². The standard InChI is InChI=1S/C36H48/c1-34(2,3)26-17-19-28-29-20-18-27(35(4,5)6)23-31(29)33(30(28)22-26)36(25-14-8-9-15-25)21-11-13-24-12-7-10-16-32(24)36/h7,10,12,16-20,22-23,25,28-31,33H,8-9,11,13-15,21H2,1-6H3. The molecule has 5 unspecified atom stereocenters. The Morgan fingerprint density at radius 1 is 0.694 bits per heavy atom. The van der Waals surface area contributed by atoms with Crippen LogP contribution in [0.15, 0.2) is 71.9 Å². The minimum atomic E-state index is 0.201. The first-order valence-electron chi connectivity index (χ1n) is 15.0. The first-order chi connectivity index (χ1) is 17.1. The second-order valence-corrected chi connectivity index (χ2v) is 14.8. The zero-order valence-electron chi connectivity index (χ0n) is 23.7. The van der Waals surface area contributed by atoms with Crippen LogP contribution >= 0.6 is 0 Å². The molecule has 2 fully saturated rings. The topological polar surface area (TPSA) is 0 Å². The summed E-state index contributed by atoms with van der Waals surface area (Å²) in [5, 5.41) is 0. The van der Waals surface area contributed by atoms with Gasteiger partial charge in [-0.2, -0.15) is 0 Å². The molecule has 0 bridgehead atoms. The molecule has 0 saturated heterocycles. The van der Waals surface area contributed by atoms with E-state index in [4.69, 9.17) is 0 Å². The highest BCUT2D eigenvalue weighted by Gasteiger charge is 2.60. The number of aryl methyl sites for hydroxylation is 1. The zero-order chi connectivity index (χ0) is 25.3. The first kappa shape index (κ1) is 24.5. The van der Waals surface area contributed by atoms with Crippen LogP contribution in [0.2, 0.25) is 0 Å². The fourth-order valence-corrected chi connectivity index (χ4v) is 9.22. The average molecular weight is 481 g/mol. The van der Waals surface area contributed by atoms with Crippen LogP contribution in [-0.4, -0.2) is 0 Å². The fourth-order valence-electron chi connectivity index (χ4n) is 9.22. The molecule has 5 aliphatic carbocycles. The van der Waals surface area contributed by atoms with Crippen molar-refractivity contribution in [3.05, 3.63) is 83.0 Å². The van der Waals surface area contributed by atoms with Gasteiger partial charge in [0.2, 0.25) is 0 Å². The van der Waals surface area contributed by atoms with Crippen LogP contribution in [0.25, 0.3) is 0 Å². The highest BCUT2D eigenvalue weighted by Crippen LogP contribution is 2.65. The van der Waals surface area contributed by atoms with Crippen LogP contribution < -0.4 is 0 Å². The minimum Gasteiger partial charge on any atom is -0.0799 e. The fraction of sp³-hybridized carbons (Fsp3) is 0.611. The van der Waals surface area contributed by atoms with Crippen LogP contribution in [-0.2, 0) is 11.8 Å². The number of allylic oxidation sites excluding steroid dienone is 8. The van der Waals surface area contributed by atoms with E-state index in [1.807, 2.05) is 0 Å². The lowest BCUT2D eigenvalue weighted by Crippen LogP contribution is -2.48. The van der Waals surface area contributed by atoms with Crippen molar-refractivity contribution in [2.24, 2.45) is 46.3 Å². The molecule has 0 heteroatoms.